The summed E-state index contributed by atoms with van der Waals surface area (Å²) >= 11 is 0. The molecule has 0 atom stereocenters. The highest BCUT2D eigenvalue weighted by atomic mass is 16.5. The molecule has 0 unspecified atom stereocenters. The van der Waals surface area contributed by atoms with Gasteiger partial charge in [0.15, 0.2) is 0 Å². The molecule has 0 N–H and O–H groups in total. The molecule has 0 aromatic heterocycles. The maximum absolute atomic E-state index is 11.3. The Labute approximate surface area is 112 Å². The van der Waals surface area contributed by atoms with Crippen LogP contribution >= 0.6 is 0 Å². The standard InChI is InChI=1S/C16H15NO2/c1-12-3-5-13(6-4-12)11-17-15-9-7-14(8-10-15)16(18)19-2/h3-11H,1-2H3/b17-11+. The van der Waals surface area contributed by atoms with Crippen molar-refractivity contribution in [3.63, 3.8) is 0 Å². The Balaban J connectivity index is 2.11. The van der Waals surface area contributed by atoms with Gasteiger partial charge in [0.05, 0.1) is 18.4 Å². The van der Waals surface area contributed by atoms with Crippen molar-refractivity contribution in [2.75, 3.05) is 7.11 Å². The normalized spacial score (nSPS) is 10.6. The van der Waals surface area contributed by atoms with Gasteiger partial charge in [-0.1, -0.05) is 29.8 Å². The van der Waals surface area contributed by atoms with E-state index in [1.165, 1.54) is 12.7 Å². The molecule has 0 aliphatic rings. The number of aliphatic imine (C=N–C) groups is 1. The molecule has 0 fully saturated rings. The highest BCUT2D eigenvalue weighted by Crippen LogP contribution is 2.14. The molecule has 0 aliphatic carbocycles. The average Bonchev–Trinajstić information content (AvgIpc) is 2.46. The lowest BCUT2D eigenvalue weighted by Crippen LogP contribution is -1.99. The van der Waals surface area contributed by atoms with E-state index in [4.69, 9.17) is 0 Å². The predicted octanol–water partition coefficient (Wildman–Crippen LogP) is 3.53. The first-order valence-electron chi connectivity index (χ1n) is 5.98. The topological polar surface area (TPSA) is 38.7 Å². The minimum atomic E-state index is -0.339. The van der Waals surface area contributed by atoms with Crippen LogP contribution in [0.3, 0.4) is 0 Å². The van der Waals surface area contributed by atoms with Gasteiger partial charge in [0.1, 0.15) is 0 Å². The van der Waals surface area contributed by atoms with E-state index in [2.05, 4.69) is 9.73 Å². The first-order chi connectivity index (χ1) is 9.19. The maximum atomic E-state index is 11.3. The van der Waals surface area contributed by atoms with Crippen LogP contribution in [0.5, 0.6) is 0 Å². The van der Waals surface area contributed by atoms with Gasteiger partial charge in [0.2, 0.25) is 0 Å². The summed E-state index contributed by atoms with van der Waals surface area (Å²) in [6.45, 7) is 2.05. The first kappa shape index (κ1) is 13.0. The lowest BCUT2D eigenvalue weighted by molar-refractivity contribution is 0.0601. The van der Waals surface area contributed by atoms with Crippen LogP contribution < -0.4 is 0 Å². The zero-order valence-corrected chi connectivity index (χ0v) is 11.0. The number of nitrogens with zero attached hydrogens (tertiary/aromatic N) is 1. The van der Waals surface area contributed by atoms with Gasteiger partial charge in [0.25, 0.3) is 0 Å². The number of carbonyl (C=O) groups is 1. The quantitative estimate of drug-likeness (QED) is 0.620. The smallest absolute Gasteiger partial charge is 0.337 e. The Bertz CT molecular complexity index is 583. The fourth-order valence-electron chi connectivity index (χ4n) is 1.60. The number of carbonyl (C=O) groups excluding carboxylic acids is 1. The minimum Gasteiger partial charge on any atom is -0.465 e. The van der Waals surface area contributed by atoms with Gasteiger partial charge in [-0.15, -0.1) is 0 Å². The van der Waals surface area contributed by atoms with Crippen LogP contribution in [0.25, 0.3) is 0 Å². The molecule has 3 nitrogen and oxygen atoms in total. The molecule has 2 aromatic carbocycles. The summed E-state index contributed by atoms with van der Waals surface area (Å²) in [5.74, 6) is -0.339. The van der Waals surface area contributed by atoms with Gasteiger partial charge >= 0.3 is 5.97 Å². The van der Waals surface area contributed by atoms with E-state index in [-0.39, 0.29) is 5.97 Å². The molecule has 19 heavy (non-hydrogen) atoms. The molecular formula is C16H15NO2. The second-order valence-corrected chi connectivity index (χ2v) is 4.21. The molecule has 0 amide bonds. The fraction of sp³-hybridized carbons (Fsp3) is 0.125. The second kappa shape index (κ2) is 5.96. The van der Waals surface area contributed by atoms with E-state index in [0.717, 1.165) is 11.3 Å². The number of ether oxygens (including phenoxy) is 1. The first-order valence-corrected chi connectivity index (χ1v) is 5.98. The third kappa shape index (κ3) is 3.52. The third-order valence-corrected chi connectivity index (χ3v) is 2.73. The van der Waals surface area contributed by atoms with Crippen LogP contribution in [0.1, 0.15) is 21.5 Å². The minimum absolute atomic E-state index is 0.339. The summed E-state index contributed by atoms with van der Waals surface area (Å²) in [6, 6.07) is 15.1. The van der Waals surface area contributed by atoms with E-state index in [1.54, 1.807) is 30.5 Å². The van der Waals surface area contributed by atoms with Crippen molar-refractivity contribution < 1.29 is 9.53 Å². The molecule has 96 valence electrons. The highest BCUT2D eigenvalue weighted by Gasteiger charge is 2.03. The van der Waals surface area contributed by atoms with Crippen LogP contribution in [0.2, 0.25) is 0 Å². The molecule has 3 heteroatoms. The average molecular weight is 253 g/mol. The number of hydrogen-bond acceptors (Lipinski definition) is 3. The molecule has 2 rings (SSSR count). The molecular weight excluding hydrogens is 238 g/mol. The van der Waals surface area contributed by atoms with Gasteiger partial charge in [-0.2, -0.15) is 0 Å². The van der Waals surface area contributed by atoms with Crippen LogP contribution in [0.4, 0.5) is 5.69 Å². The van der Waals surface area contributed by atoms with Gasteiger partial charge in [-0.05, 0) is 36.8 Å². The van der Waals surface area contributed by atoms with Crippen LogP contribution in [0, 0.1) is 6.92 Å². The lowest BCUT2D eigenvalue weighted by Gasteiger charge is -1.99. The number of hydrogen-bond donors (Lipinski definition) is 0. The van der Waals surface area contributed by atoms with Crippen molar-refractivity contribution in [1.29, 1.82) is 0 Å². The number of rotatable bonds is 3. The number of methoxy groups -OCH3 is 1. The van der Waals surface area contributed by atoms with Gasteiger partial charge in [-0.3, -0.25) is 4.99 Å². The number of benzene rings is 2. The summed E-state index contributed by atoms with van der Waals surface area (Å²) in [6.07, 6.45) is 1.80. The zero-order chi connectivity index (χ0) is 13.7. The highest BCUT2D eigenvalue weighted by molar-refractivity contribution is 5.90. The Hall–Kier alpha value is -2.42. The largest absolute Gasteiger partial charge is 0.465 e. The molecule has 0 heterocycles. The Morgan fingerprint density at radius 1 is 1.05 bits per heavy atom. The van der Waals surface area contributed by atoms with E-state index in [9.17, 15) is 4.79 Å². The van der Waals surface area contributed by atoms with E-state index < -0.39 is 0 Å². The molecule has 2 aromatic rings. The molecule has 0 saturated heterocycles. The lowest BCUT2D eigenvalue weighted by atomic mass is 10.2. The molecule has 0 spiro atoms. The van der Waals surface area contributed by atoms with Crippen molar-refractivity contribution in [3.05, 3.63) is 65.2 Å². The molecule has 0 aliphatic heterocycles. The van der Waals surface area contributed by atoms with Gasteiger partial charge in [-0.25, -0.2) is 4.79 Å². The molecule has 0 bridgehead atoms. The Morgan fingerprint density at radius 2 is 1.68 bits per heavy atom. The monoisotopic (exact) mass is 253 g/mol. The number of esters is 1. The fourth-order valence-corrected chi connectivity index (χ4v) is 1.60. The summed E-state index contributed by atoms with van der Waals surface area (Å²) in [5, 5.41) is 0. The summed E-state index contributed by atoms with van der Waals surface area (Å²) in [5.41, 5.74) is 3.59. The van der Waals surface area contributed by atoms with Crippen LogP contribution in [0.15, 0.2) is 53.5 Å². The van der Waals surface area contributed by atoms with E-state index in [0.29, 0.717) is 5.56 Å². The summed E-state index contributed by atoms with van der Waals surface area (Å²) < 4.78 is 4.64. The predicted molar refractivity (Wildman–Crippen MR) is 76.2 cm³/mol. The van der Waals surface area contributed by atoms with Gasteiger partial charge in [0, 0.05) is 6.21 Å². The molecule has 0 saturated carbocycles. The Morgan fingerprint density at radius 3 is 2.26 bits per heavy atom. The van der Waals surface area contributed by atoms with Crippen LogP contribution in [-0.2, 0) is 4.74 Å². The van der Waals surface area contributed by atoms with E-state index in [1.807, 2.05) is 31.2 Å². The van der Waals surface area contributed by atoms with Crippen molar-refractivity contribution in [3.8, 4) is 0 Å². The third-order valence-electron chi connectivity index (χ3n) is 2.73. The van der Waals surface area contributed by atoms with Crippen LogP contribution in [-0.4, -0.2) is 19.3 Å². The maximum Gasteiger partial charge on any atom is 0.337 e. The van der Waals surface area contributed by atoms with E-state index >= 15 is 0 Å². The summed E-state index contributed by atoms with van der Waals surface area (Å²) in [7, 11) is 1.37. The zero-order valence-electron chi connectivity index (χ0n) is 11.0. The molecule has 0 radical (unpaired) electrons. The SMILES string of the molecule is COC(=O)c1ccc(/N=C/c2ccc(C)cc2)cc1. The van der Waals surface area contributed by atoms with Crippen molar-refractivity contribution in [2.24, 2.45) is 4.99 Å². The summed E-state index contributed by atoms with van der Waals surface area (Å²) in [4.78, 5) is 15.6. The Kier molecular flexibility index (Phi) is 4.08. The van der Waals surface area contributed by atoms with Crippen molar-refractivity contribution in [1.82, 2.24) is 0 Å². The van der Waals surface area contributed by atoms with Crippen molar-refractivity contribution >= 4 is 17.9 Å². The van der Waals surface area contributed by atoms with Crippen molar-refractivity contribution in [2.45, 2.75) is 6.92 Å². The second-order valence-electron chi connectivity index (χ2n) is 4.21. The van der Waals surface area contributed by atoms with Gasteiger partial charge < -0.3 is 4.74 Å². The number of aryl methyl sites for hydroxylation is 1.